The Kier molecular flexibility index (Phi) is 4.87. The van der Waals surface area contributed by atoms with E-state index < -0.39 is 0 Å². The lowest BCUT2D eigenvalue weighted by atomic mass is 10.2. The molecule has 1 aromatic heterocycles. The highest BCUT2D eigenvalue weighted by molar-refractivity contribution is 5.77. The molecule has 0 radical (unpaired) electrons. The molecule has 5 heteroatoms. The number of aromatic nitrogens is 2. The molecule has 0 saturated carbocycles. The van der Waals surface area contributed by atoms with E-state index in [-0.39, 0.29) is 11.6 Å². The summed E-state index contributed by atoms with van der Waals surface area (Å²) in [6, 6.07) is 7.64. The molecule has 1 heterocycles. The summed E-state index contributed by atoms with van der Waals surface area (Å²) in [5, 5.41) is 2.83. The van der Waals surface area contributed by atoms with Crippen molar-refractivity contribution in [1.29, 1.82) is 0 Å². The van der Waals surface area contributed by atoms with E-state index in [4.69, 9.17) is 4.74 Å². The normalized spacial score (nSPS) is 12.8. The molecule has 1 atom stereocenters. The zero-order valence-electron chi connectivity index (χ0n) is 12.3. The van der Waals surface area contributed by atoms with E-state index in [1.807, 2.05) is 24.3 Å². The molecule has 0 unspecified atom stereocenters. The second-order valence-corrected chi connectivity index (χ2v) is 4.87. The summed E-state index contributed by atoms with van der Waals surface area (Å²) in [4.78, 5) is 17.3. The number of fused-ring (bicyclic) bond motifs is 1. The highest BCUT2D eigenvalue weighted by Crippen LogP contribution is 2.11. The molecular formula is C15H22N3O2+. The van der Waals surface area contributed by atoms with E-state index in [9.17, 15) is 4.79 Å². The summed E-state index contributed by atoms with van der Waals surface area (Å²) in [7, 11) is 1.64. The van der Waals surface area contributed by atoms with Crippen molar-refractivity contribution >= 4 is 10.9 Å². The van der Waals surface area contributed by atoms with Crippen molar-refractivity contribution in [2.75, 3.05) is 20.3 Å². The number of rotatable bonds is 6. The minimum absolute atomic E-state index is 0.0130. The molecule has 0 fully saturated rings. The SMILES string of the molecule is CC[NH2+][C@@H](C)c1nc2ccccc2c(=O)n1CCOC. The Morgan fingerprint density at radius 1 is 1.40 bits per heavy atom. The Morgan fingerprint density at radius 3 is 2.85 bits per heavy atom. The lowest BCUT2D eigenvalue weighted by Gasteiger charge is -2.16. The van der Waals surface area contributed by atoms with Crippen LogP contribution in [0.15, 0.2) is 29.1 Å². The number of hydrogen-bond donors (Lipinski definition) is 1. The minimum Gasteiger partial charge on any atom is -0.383 e. The molecular weight excluding hydrogens is 254 g/mol. The fraction of sp³-hybridized carbons (Fsp3) is 0.467. The van der Waals surface area contributed by atoms with Gasteiger partial charge in [-0.15, -0.1) is 0 Å². The average molecular weight is 276 g/mol. The van der Waals surface area contributed by atoms with Crippen LogP contribution in [-0.4, -0.2) is 29.8 Å². The summed E-state index contributed by atoms with van der Waals surface area (Å²) in [5.74, 6) is 0.813. The maximum Gasteiger partial charge on any atom is 0.261 e. The fourth-order valence-electron chi connectivity index (χ4n) is 2.39. The van der Waals surface area contributed by atoms with Gasteiger partial charge < -0.3 is 10.1 Å². The molecule has 0 amide bonds. The molecule has 1 aromatic carbocycles. The van der Waals surface area contributed by atoms with Gasteiger partial charge in [0, 0.05) is 7.11 Å². The largest absolute Gasteiger partial charge is 0.383 e. The van der Waals surface area contributed by atoms with E-state index in [0.717, 1.165) is 17.9 Å². The van der Waals surface area contributed by atoms with Gasteiger partial charge in [0.15, 0.2) is 5.82 Å². The topological polar surface area (TPSA) is 60.7 Å². The Labute approximate surface area is 118 Å². The molecule has 2 rings (SSSR count). The van der Waals surface area contributed by atoms with Crippen molar-refractivity contribution in [3.05, 3.63) is 40.4 Å². The molecule has 0 aliphatic carbocycles. The van der Waals surface area contributed by atoms with Crippen LogP contribution in [0.25, 0.3) is 10.9 Å². The van der Waals surface area contributed by atoms with Crippen LogP contribution in [0.2, 0.25) is 0 Å². The number of ether oxygens (including phenoxy) is 1. The standard InChI is InChI=1S/C15H21N3O2/c1-4-16-11(2)14-17-13-8-6-5-7-12(13)15(19)18(14)9-10-20-3/h5-8,11,16H,4,9-10H2,1-3H3/p+1/t11-/m0/s1. The first-order chi connectivity index (χ1) is 9.69. The number of quaternary nitrogens is 1. The van der Waals surface area contributed by atoms with E-state index in [2.05, 4.69) is 24.1 Å². The van der Waals surface area contributed by atoms with Crippen LogP contribution in [0, 0.1) is 0 Å². The van der Waals surface area contributed by atoms with E-state index in [0.29, 0.717) is 18.5 Å². The van der Waals surface area contributed by atoms with Gasteiger partial charge in [-0.1, -0.05) is 12.1 Å². The van der Waals surface area contributed by atoms with Crippen LogP contribution in [0.5, 0.6) is 0 Å². The number of hydrogen-bond acceptors (Lipinski definition) is 3. The van der Waals surface area contributed by atoms with Gasteiger partial charge in [-0.2, -0.15) is 0 Å². The molecule has 0 aliphatic rings. The molecule has 2 aromatic rings. The molecule has 108 valence electrons. The number of nitrogens with zero attached hydrogens (tertiary/aromatic N) is 2. The highest BCUT2D eigenvalue weighted by atomic mass is 16.5. The van der Waals surface area contributed by atoms with Crippen molar-refractivity contribution in [3.63, 3.8) is 0 Å². The first-order valence-corrected chi connectivity index (χ1v) is 7.00. The molecule has 0 spiro atoms. The Bertz CT molecular complexity index is 637. The van der Waals surface area contributed by atoms with Gasteiger partial charge in [-0.05, 0) is 26.0 Å². The molecule has 20 heavy (non-hydrogen) atoms. The number of methoxy groups -OCH3 is 1. The van der Waals surface area contributed by atoms with Gasteiger partial charge in [-0.3, -0.25) is 9.36 Å². The summed E-state index contributed by atoms with van der Waals surface area (Å²) >= 11 is 0. The van der Waals surface area contributed by atoms with Crippen molar-refractivity contribution in [1.82, 2.24) is 9.55 Å². The van der Waals surface area contributed by atoms with Gasteiger partial charge in [-0.25, -0.2) is 4.98 Å². The first kappa shape index (κ1) is 14.7. The van der Waals surface area contributed by atoms with Crippen LogP contribution in [0.1, 0.15) is 25.7 Å². The van der Waals surface area contributed by atoms with Crippen molar-refractivity contribution in [3.8, 4) is 0 Å². The molecule has 5 nitrogen and oxygen atoms in total. The maximum absolute atomic E-state index is 12.6. The van der Waals surface area contributed by atoms with Crippen LogP contribution >= 0.6 is 0 Å². The minimum atomic E-state index is 0.0130. The average Bonchev–Trinajstić information content (AvgIpc) is 2.46. The third-order valence-electron chi connectivity index (χ3n) is 3.41. The maximum atomic E-state index is 12.6. The predicted molar refractivity (Wildman–Crippen MR) is 78.8 cm³/mol. The molecule has 0 saturated heterocycles. The van der Waals surface area contributed by atoms with Crippen LogP contribution < -0.4 is 10.9 Å². The quantitative estimate of drug-likeness (QED) is 0.844. The molecule has 2 N–H and O–H groups in total. The van der Waals surface area contributed by atoms with Crippen molar-refractivity contribution in [2.45, 2.75) is 26.4 Å². The fourth-order valence-corrected chi connectivity index (χ4v) is 2.39. The third kappa shape index (κ3) is 2.89. The summed E-state index contributed by atoms with van der Waals surface area (Å²) in [6.45, 7) is 6.16. The Hall–Kier alpha value is -1.72. The van der Waals surface area contributed by atoms with E-state index in [1.54, 1.807) is 11.7 Å². The number of nitrogens with two attached hydrogens (primary N) is 1. The lowest BCUT2D eigenvalue weighted by Crippen LogP contribution is -2.84. The van der Waals surface area contributed by atoms with Gasteiger partial charge in [0.1, 0.15) is 6.04 Å². The Balaban J connectivity index is 2.60. The van der Waals surface area contributed by atoms with E-state index in [1.165, 1.54) is 0 Å². The zero-order chi connectivity index (χ0) is 14.5. The Morgan fingerprint density at radius 2 is 2.15 bits per heavy atom. The predicted octanol–water partition coefficient (Wildman–Crippen LogP) is 0.687. The first-order valence-electron chi connectivity index (χ1n) is 7.00. The van der Waals surface area contributed by atoms with Crippen molar-refractivity contribution < 1.29 is 10.1 Å². The van der Waals surface area contributed by atoms with Crippen molar-refractivity contribution in [2.24, 2.45) is 0 Å². The zero-order valence-corrected chi connectivity index (χ0v) is 12.3. The second-order valence-electron chi connectivity index (χ2n) is 4.87. The van der Waals surface area contributed by atoms with Gasteiger partial charge >= 0.3 is 0 Å². The summed E-state index contributed by atoms with van der Waals surface area (Å²) < 4.78 is 6.85. The summed E-state index contributed by atoms with van der Waals surface area (Å²) in [6.07, 6.45) is 0. The van der Waals surface area contributed by atoms with Gasteiger partial charge in [0.05, 0.1) is 30.6 Å². The van der Waals surface area contributed by atoms with Crippen LogP contribution in [0.4, 0.5) is 0 Å². The molecule has 0 bridgehead atoms. The van der Waals surface area contributed by atoms with Crippen LogP contribution in [0.3, 0.4) is 0 Å². The van der Waals surface area contributed by atoms with E-state index >= 15 is 0 Å². The monoisotopic (exact) mass is 276 g/mol. The van der Waals surface area contributed by atoms with Crippen LogP contribution in [-0.2, 0) is 11.3 Å². The number of para-hydroxylation sites is 1. The molecule has 0 aliphatic heterocycles. The van der Waals surface area contributed by atoms with Gasteiger partial charge in [0.2, 0.25) is 0 Å². The second kappa shape index (κ2) is 6.63. The smallest absolute Gasteiger partial charge is 0.261 e. The number of benzene rings is 1. The lowest BCUT2D eigenvalue weighted by molar-refractivity contribution is -0.691. The van der Waals surface area contributed by atoms with Gasteiger partial charge in [0.25, 0.3) is 5.56 Å². The highest BCUT2D eigenvalue weighted by Gasteiger charge is 2.17. The summed E-state index contributed by atoms with van der Waals surface area (Å²) in [5.41, 5.74) is 0.775. The third-order valence-corrected chi connectivity index (χ3v) is 3.41.